The summed E-state index contributed by atoms with van der Waals surface area (Å²) >= 11 is 0. The van der Waals surface area contributed by atoms with Crippen LogP contribution in [0.15, 0.2) is 0 Å². The van der Waals surface area contributed by atoms with Gasteiger partial charge < -0.3 is 4.90 Å². The fourth-order valence-electron chi connectivity index (χ4n) is 3.13. The molecule has 3 atom stereocenters. The Hall–Kier alpha value is -0.0400. The van der Waals surface area contributed by atoms with E-state index in [2.05, 4.69) is 25.8 Å². The molecule has 2 aliphatic rings. The Bertz CT molecular complexity index is 150. The molecule has 2 fully saturated rings. The van der Waals surface area contributed by atoms with Gasteiger partial charge in [-0.05, 0) is 43.6 Å². The maximum Gasteiger partial charge on any atom is 0.000996 e. The Morgan fingerprint density at radius 3 is 2.00 bits per heavy atom. The quantitative estimate of drug-likeness (QED) is 0.579. The van der Waals surface area contributed by atoms with E-state index in [-0.39, 0.29) is 0 Å². The Morgan fingerprint density at radius 1 is 1.08 bits per heavy atom. The van der Waals surface area contributed by atoms with Crippen LogP contribution in [0.2, 0.25) is 0 Å². The van der Waals surface area contributed by atoms with Gasteiger partial charge in [-0.2, -0.15) is 0 Å². The summed E-state index contributed by atoms with van der Waals surface area (Å²) in [5.41, 5.74) is 0. The van der Waals surface area contributed by atoms with Crippen molar-refractivity contribution < 1.29 is 0 Å². The summed E-state index contributed by atoms with van der Waals surface area (Å²) < 4.78 is 0. The molecule has 1 saturated carbocycles. The first-order chi connectivity index (χ1) is 5.66. The lowest BCUT2D eigenvalue weighted by Gasteiger charge is -2.17. The average molecular weight is 167 g/mol. The molecule has 1 saturated heterocycles. The van der Waals surface area contributed by atoms with E-state index >= 15 is 0 Å². The second-order valence-corrected chi connectivity index (χ2v) is 5.22. The third kappa shape index (κ3) is 1.39. The van der Waals surface area contributed by atoms with E-state index < -0.39 is 0 Å². The molecule has 0 aromatic carbocycles. The first-order valence-corrected chi connectivity index (χ1v) is 5.35. The highest BCUT2D eigenvalue weighted by Gasteiger charge is 2.40. The molecule has 1 heterocycles. The van der Waals surface area contributed by atoms with Gasteiger partial charge >= 0.3 is 0 Å². The minimum atomic E-state index is 0.918. The normalized spacial score (nSPS) is 42.5. The molecule has 1 nitrogen and oxygen atoms in total. The molecule has 0 amide bonds. The minimum Gasteiger partial charge on any atom is -0.306 e. The smallest absolute Gasteiger partial charge is 0.000996 e. The molecule has 0 N–H and O–H groups in total. The second-order valence-electron chi connectivity index (χ2n) is 5.22. The highest BCUT2D eigenvalue weighted by Crippen LogP contribution is 2.43. The average Bonchev–Trinajstić information content (AvgIpc) is 2.42. The summed E-state index contributed by atoms with van der Waals surface area (Å²) in [6.45, 7) is 7.51. The molecule has 1 aliphatic carbocycles. The van der Waals surface area contributed by atoms with Gasteiger partial charge in [0.05, 0.1) is 0 Å². The Kier molecular flexibility index (Phi) is 2.16. The van der Waals surface area contributed by atoms with Gasteiger partial charge in [-0.1, -0.05) is 13.8 Å². The summed E-state index contributed by atoms with van der Waals surface area (Å²) in [5, 5.41) is 0. The maximum atomic E-state index is 2.51. The van der Waals surface area contributed by atoms with Crippen LogP contribution in [0.25, 0.3) is 0 Å². The van der Waals surface area contributed by atoms with E-state index in [1.165, 1.54) is 25.9 Å². The molecule has 2 rings (SSSR count). The van der Waals surface area contributed by atoms with E-state index in [4.69, 9.17) is 0 Å². The van der Waals surface area contributed by atoms with Crippen molar-refractivity contribution in [3.05, 3.63) is 0 Å². The Morgan fingerprint density at radius 2 is 1.58 bits per heavy atom. The van der Waals surface area contributed by atoms with Crippen LogP contribution in [0, 0.1) is 23.7 Å². The van der Waals surface area contributed by atoms with E-state index in [1.54, 1.807) is 0 Å². The van der Waals surface area contributed by atoms with Crippen molar-refractivity contribution in [2.45, 2.75) is 26.7 Å². The standard InChI is InChI=1S/C11H21N/c1-8(2)9-4-10-6-12(3)7-11(10)5-9/h8-11H,4-7H2,1-3H3/t9-,10-,11+. The number of hydrogen-bond donors (Lipinski definition) is 0. The predicted octanol–water partition coefficient (Wildman–Crippen LogP) is 2.23. The number of likely N-dealkylation sites (tertiary alicyclic amines) is 1. The molecular weight excluding hydrogens is 146 g/mol. The zero-order valence-electron chi connectivity index (χ0n) is 8.59. The minimum absolute atomic E-state index is 0.918. The highest BCUT2D eigenvalue weighted by molar-refractivity contribution is 4.91. The van der Waals surface area contributed by atoms with Gasteiger partial charge in [-0.25, -0.2) is 0 Å². The van der Waals surface area contributed by atoms with Gasteiger partial charge in [-0.3, -0.25) is 0 Å². The summed E-state index contributed by atoms with van der Waals surface area (Å²) in [7, 11) is 2.27. The molecule has 0 spiro atoms. The molecule has 70 valence electrons. The molecule has 0 unspecified atom stereocenters. The van der Waals surface area contributed by atoms with Gasteiger partial charge in [0, 0.05) is 13.1 Å². The fraction of sp³-hybridized carbons (Fsp3) is 1.00. The molecule has 1 aliphatic heterocycles. The zero-order valence-corrected chi connectivity index (χ0v) is 8.59. The first-order valence-electron chi connectivity index (χ1n) is 5.35. The number of rotatable bonds is 1. The Balaban J connectivity index is 1.93. The predicted molar refractivity (Wildman–Crippen MR) is 52.0 cm³/mol. The third-order valence-electron chi connectivity index (χ3n) is 3.91. The summed E-state index contributed by atoms with van der Waals surface area (Å²) in [6.07, 6.45) is 3.01. The summed E-state index contributed by atoms with van der Waals surface area (Å²) in [4.78, 5) is 2.51. The molecule has 0 aromatic heterocycles. The molecular formula is C11H21N. The molecule has 0 bridgehead atoms. The van der Waals surface area contributed by atoms with Crippen LogP contribution >= 0.6 is 0 Å². The lowest BCUT2D eigenvalue weighted by Crippen LogP contribution is -2.17. The van der Waals surface area contributed by atoms with Crippen LogP contribution in [-0.2, 0) is 0 Å². The van der Waals surface area contributed by atoms with Crippen LogP contribution in [0.1, 0.15) is 26.7 Å². The van der Waals surface area contributed by atoms with Crippen molar-refractivity contribution in [3.63, 3.8) is 0 Å². The van der Waals surface area contributed by atoms with E-state index in [0.29, 0.717) is 0 Å². The largest absolute Gasteiger partial charge is 0.306 e. The van der Waals surface area contributed by atoms with Gasteiger partial charge in [0.2, 0.25) is 0 Å². The van der Waals surface area contributed by atoms with Crippen molar-refractivity contribution in [3.8, 4) is 0 Å². The fourth-order valence-corrected chi connectivity index (χ4v) is 3.13. The van der Waals surface area contributed by atoms with E-state index in [9.17, 15) is 0 Å². The molecule has 12 heavy (non-hydrogen) atoms. The molecule has 0 aromatic rings. The van der Waals surface area contributed by atoms with Gasteiger partial charge in [0.15, 0.2) is 0 Å². The monoisotopic (exact) mass is 167 g/mol. The molecule has 1 heteroatoms. The second kappa shape index (κ2) is 3.02. The van der Waals surface area contributed by atoms with E-state index in [0.717, 1.165) is 23.7 Å². The van der Waals surface area contributed by atoms with Crippen LogP contribution in [-0.4, -0.2) is 25.0 Å². The van der Waals surface area contributed by atoms with Gasteiger partial charge in [-0.15, -0.1) is 0 Å². The highest BCUT2D eigenvalue weighted by atomic mass is 15.1. The van der Waals surface area contributed by atoms with Gasteiger partial charge in [0.1, 0.15) is 0 Å². The lowest BCUT2D eigenvalue weighted by atomic mass is 9.93. The van der Waals surface area contributed by atoms with Gasteiger partial charge in [0.25, 0.3) is 0 Å². The molecule has 0 radical (unpaired) electrons. The van der Waals surface area contributed by atoms with Crippen molar-refractivity contribution in [2.75, 3.05) is 20.1 Å². The topological polar surface area (TPSA) is 3.24 Å². The number of fused-ring (bicyclic) bond motifs is 1. The van der Waals surface area contributed by atoms with E-state index in [1.807, 2.05) is 0 Å². The van der Waals surface area contributed by atoms with Crippen molar-refractivity contribution in [1.29, 1.82) is 0 Å². The van der Waals surface area contributed by atoms with Crippen molar-refractivity contribution in [2.24, 2.45) is 23.7 Å². The SMILES string of the molecule is CC(C)[C@@H]1C[C@@H]2CN(C)C[C@@H]2C1. The lowest BCUT2D eigenvalue weighted by molar-refractivity contribution is 0.315. The van der Waals surface area contributed by atoms with Crippen molar-refractivity contribution >= 4 is 0 Å². The number of hydrogen-bond acceptors (Lipinski definition) is 1. The Labute approximate surface area is 76.1 Å². The van der Waals surface area contributed by atoms with Crippen LogP contribution < -0.4 is 0 Å². The third-order valence-corrected chi connectivity index (χ3v) is 3.91. The van der Waals surface area contributed by atoms with Crippen molar-refractivity contribution in [1.82, 2.24) is 4.90 Å². The zero-order chi connectivity index (χ0) is 8.72. The number of nitrogens with zero attached hydrogens (tertiary/aromatic N) is 1. The van der Waals surface area contributed by atoms with Crippen LogP contribution in [0.3, 0.4) is 0 Å². The summed E-state index contributed by atoms with van der Waals surface area (Å²) in [6, 6.07) is 0. The van der Waals surface area contributed by atoms with Crippen LogP contribution in [0.5, 0.6) is 0 Å². The van der Waals surface area contributed by atoms with Crippen LogP contribution in [0.4, 0.5) is 0 Å². The first kappa shape index (κ1) is 8.55. The maximum absolute atomic E-state index is 2.51. The summed E-state index contributed by atoms with van der Waals surface area (Å²) in [5.74, 6) is 4.04.